The first-order valence-electron chi connectivity index (χ1n) is 7.92. The van der Waals surface area contributed by atoms with E-state index in [4.69, 9.17) is 0 Å². The van der Waals surface area contributed by atoms with Crippen LogP contribution in [0.3, 0.4) is 0 Å². The van der Waals surface area contributed by atoms with Crippen molar-refractivity contribution in [3.63, 3.8) is 0 Å². The highest BCUT2D eigenvalue weighted by Gasteiger charge is 2.22. The number of hydrogen-bond acceptors (Lipinski definition) is 1. The van der Waals surface area contributed by atoms with Crippen molar-refractivity contribution in [3.05, 3.63) is 35.4 Å². The first-order valence-corrected chi connectivity index (χ1v) is 7.92. The zero-order valence-corrected chi connectivity index (χ0v) is 14.0. The Morgan fingerprint density at radius 3 is 2.43 bits per heavy atom. The van der Waals surface area contributed by atoms with Crippen molar-refractivity contribution >= 4 is 0 Å². The van der Waals surface area contributed by atoms with Crippen LogP contribution in [-0.2, 0) is 0 Å². The first-order chi connectivity index (χ1) is 9.74. The van der Waals surface area contributed by atoms with Crippen LogP contribution in [0.4, 0.5) is 8.78 Å². The summed E-state index contributed by atoms with van der Waals surface area (Å²) in [5.74, 6) is -1.03. The zero-order valence-electron chi connectivity index (χ0n) is 14.0. The fourth-order valence-electron chi connectivity index (χ4n) is 2.96. The van der Waals surface area contributed by atoms with E-state index in [1.165, 1.54) is 6.07 Å². The Morgan fingerprint density at radius 1 is 1.19 bits per heavy atom. The molecule has 1 rings (SSSR count). The van der Waals surface area contributed by atoms with E-state index in [9.17, 15) is 8.78 Å². The Kier molecular flexibility index (Phi) is 6.79. The SMILES string of the molecule is CCCNC(CC(C)CC(C)(C)C)c1cccc(F)c1F. The molecule has 120 valence electrons. The van der Waals surface area contributed by atoms with E-state index in [-0.39, 0.29) is 11.5 Å². The van der Waals surface area contributed by atoms with Crippen LogP contribution >= 0.6 is 0 Å². The number of benzene rings is 1. The fourth-order valence-corrected chi connectivity index (χ4v) is 2.96. The van der Waals surface area contributed by atoms with Gasteiger partial charge < -0.3 is 5.32 Å². The van der Waals surface area contributed by atoms with Crippen molar-refractivity contribution in [1.82, 2.24) is 5.32 Å². The largest absolute Gasteiger partial charge is 0.310 e. The second kappa shape index (κ2) is 7.88. The predicted molar refractivity (Wildman–Crippen MR) is 85.2 cm³/mol. The fraction of sp³-hybridized carbons (Fsp3) is 0.667. The minimum Gasteiger partial charge on any atom is -0.310 e. The van der Waals surface area contributed by atoms with Gasteiger partial charge in [0.2, 0.25) is 0 Å². The molecule has 0 heterocycles. The Bertz CT molecular complexity index is 437. The van der Waals surface area contributed by atoms with Gasteiger partial charge in [0.25, 0.3) is 0 Å². The highest BCUT2D eigenvalue weighted by molar-refractivity contribution is 5.22. The Hall–Kier alpha value is -0.960. The lowest BCUT2D eigenvalue weighted by molar-refractivity contribution is 0.273. The molecule has 0 saturated carbocycles. The summed E-state index contributed by atoms with van der Waals surface area (Å²) in [5, 5.41) is 3.36. The van der Waals surface area contributed by atoms with Crippen LogP contribution in [0.5, 0.6) is 0 Å². The van der Waals surface area contributed by atoms with Crippen molar-refractivity contribution in [1.29, 1.82) is 0 Å². The molecule has 0 fully saturated rings. The predicted octanol–water partition coefficient (Wildman–Crippen LogP) is 5.47. The summed E-state index contributed by atoms with van der Waals surface area (Å²) < 4.78 is 27.5. The van der Waals surface area contributed by atoms with Gasteiger partial charge in [-0.25, -0.2) is 8.78 Å². The number of rotatable bonds is 7. The lowest BCUT2D eigenvalue weighted by atomic mass is 9.82. The minimum atomic E-state index is -0.765. The molecule has 0 bridgehead atoms. The van der Waals surface area contributed by atoms with E-state index in [0.29, 0.717) is 11.5 Å². The topological polar surface area (TPSA) is 12.0 Å². The summed E-state index contributed by atoms with van der Waals surface area (Å²) >= 11 is 0. The van der Waals surface area contributed by atoms with Gasteiger partial charge in [-0.1, -0.05) is 46.8 Å². The summed E-state index contributed by atoms with van der Waals surface area (Å²) in [6, 6.07) is 4.32. The van der Waals surface area contributed by atoms with Gasteiger partial charge in [0.15, 0.2) is 11.6 Å². The molecule has 0 aliphatic heterocycles. The number of nitrogens with one attached hydrogen (secondary N) is 1. The highest BCUT2D eigenvalue weighted by Crippen LogP contribution is 2.31. The van der Waals surface area contributed by atoms with Crippen molar-refractivity contribution in [2.24, 2.45) is 11.3 Å². The maximum atomic E-state index is 14.1. The molecule has 1 aromatic rings. The molecule has 0 aliphatic carbocycles. The van der Waals surface area contributed by atoms with E-state index in [1.807, 2.05) is 0 Å². The quantitative estimate of drug-likeness (QED) is 0.704. The molecule has 0 radical (unpaired) electrons. The Morgan fingerprint density at radius 2 is 1.86 bits per heavy atom. The molecule has 0 saturated heterocycles. The molecule has 0 spiro atoms. The third kappa shape index (κ3) is 6.13. The van der Waals surface area contributed by atoms with Gasteiger partial charge in [-0.15, -0.1) is 0 Å². The Labute approximate surface area is 128 Å². The van der Waals surface area contributed by atoms with E-state index < -0.39 is 11.6 Å². The van der Waals surface area contributed by atoms with Crippen molar-refractivity contribution in [2.45, 2.75) is 59.9 Å². The molecule has 1 N–H and O–H groups in total. The van der Waals surface area contributed by atoms with Crippen LogP contribution in [0.2, 0.25) is 0 Å². The summed E-state index contributed by atoms with van der Waals surface area (Å²) in [6.07, 6.45) is 2.85. The number of halogens is 2. The molecule has 21 heavy (non-hydrogen) atoms. The normalized spacial score (nSPS) is 15.0. The molecular weight excluding hydrogens is 268 g/mol. The second-order valence-electron chi connectivity index (χ2n) is 7.26. The molecule has 0 aromatic heterocycles. The van der Waals surface area contributed by atoms with Gasteiger partial charge >= 0.3 is 0 Å². The smallest absolute Gasteiger partial charge is 0.163 e. The molecule has 2 atom stereocenters. The molecule has 1 aromatic carbocycles. The van der Waals surface area contributed by atoms with Gasteiger partial charge in [0.1, 0.15) is 0 Å². The summed E-state index contributed by atoms with van der Waals surface area (Å²) in [6.45, 7) is 11.7. The second-order valence-corrected chi connectivity index (χ2v) is 7.26. The first kappa shape index (κ1) is 18.1. The van der Waals surface area contributed by atoms with Gasteiger partial charge in [-0.05, 0) is 43.2 Å². The van der Waals surface area contributed by atoms with Gasteiger partial charge in [0, 0.05) is 11.6 Å². The van der Waals surface area contributed by atoms with Crippen LogP contribution in [0.15, 0.2) is 18.2 Å². The van der Waals surface area contributed by atoms with Crippen LogP contribution in [0, 0.1) is 23.0 Å². The van der Waals surface area contributed by atoms with Crippen LogP contribution < -0.4 is 5.32 Å². The van der Waals surface area contributed by atoms with E-state index in [2.05, 4.69) is 39.9 Å². The molecule has 1 nitrogen and oxygen atoms in total. The van der Waals surface area contributed by atoms with E-state index >= 15 is 0 Å². The maximum Gasteiger partial charge on any atom is 0.163 e. The van der Waals surface area contributed by atoms with Crippen LogP contribution in [0.25, 0.3) is 0 Å². The van der Waals surface area contributed by atoms with Crippen molar-refractivity contribution in [2.75, 3.05) is 6.54 Å². The Balaban J connectivity index is 2.87. The monoisotopic (exact) mass is 297 g/mol. The molecule has 2 unspecified atom stereocenters. The minimum absolute atomic E-state index is 0.127. The highest BCUT2D eigenvalue weighted by atomic mass is 19.2. The average Bonchev–Trinajstić information content (AvgIpc) is 2.36. The molecule has 0 aliphatic rings. The van der Waals surface area contributed by atoms with Gasteiger partial charge in [-0.2, -0.15) is 0 Å². The third-order valence-electron chi connectivity index (χ3n) is 3.60. The van der Waals surface area contributed by atoms with Crippen LogP contribution in [-0.4, -0.2) is 6.54 Å². The van der Waals surface area contributed by atoms with Gasteiger partial charge in [0.05, 0.1) is 0 Å². The maximum absolute atomic E-state index is 14.1. The summed E-state index contributed by atoms with van der Waals surface area (Å²) in [5.41, 5.74) is 0.694. The van der Waals surface area contributed by atoms with Crippen molar-refractivity contribution < 1.29 is 8.78 Å². The van der Waals surface area contributed by atoms with E-state index in [1.54, 1.807) is 12.1 Å². The lowest BCUT2D eigenvalue weighted by Gasteiger charge is -2.28. The standard InChI is InChI=1S/C18H29F2N/c1-6-10-21-16(11-13(2)12-18(3,4)5)14-8-7-9-15(19)17(14)20/h7-9,13,16,21H,6,10-12H2,1-5H3. The summed E-state index contributed by atoms with van der Waals surface area (Å²) in [7, 11) is 0. The average molecular weight is 297 g/mol. The van der Waals surface area contributed by atoms with Crippen molar-refractivity contribution in [3.8, 4) is 0 Å². The third-order valence-corrected chi connectivity index (χ3v) is 3.60. The number of hydrogen-bond donors (Lipinski definition) is 1. The molecule has 3 heteroatoms. The van der Waals surface area contributed by atoms with Crippen LogP contribution in [0.1, 0.15) is 65.5 Å². The molecular formula is C18H29F2N. The van der Waals surface area contributed by atoms with E-state index in [0.717, 1.165) is 25.8 Å². The molecule has 0 amide bonds. The van der Waals surface area contributed by atoms with Gasteiger partial charge in [-0.3, -0.25) is 0 Å². The zero-order chi connectivity index (χ0) is 16.0. The lowest BCUT2D eigenvalue weighted by Crippen LogP contribution is -2.26. The summed E-state index contributed by atoms with van der Waals surface area (Å²) in [4.78, 5) is 0.